The molecule has 8 nitrogen and oxygen atoms in total. The van der Waals surface area contributed by atoms with E-state index in [0.717, 1.165) is 24.3 Å². The van der Waals surface area contributed by atoms with E-state index in [9.17, 15) is 17.6 Å². The first-order chi connectivity index (χ1) is 11.9. The maximum Gasteiger partial charge on any atom is 0.300 e. The van der Waals surface area contributed by atoms with Crippen molar-refractivity contribution in [1.29, 1.82) is 0 Å². The normalized spacial score (nSPS) is 11.6. The second-order valence-electron chi connectivity index (χ2n) is 5.13. The van der Waals surface area contributed by atoms with E-state index in [1.54, 1.807) is 29.9 Å². The summed E-state index contributed by atoms with van der Waals surface area (Å²) in [7, 11) is -2.17. The summed E-state index contributed by atoms with van der Waals surface area (Å²) < 4.78 is 45.8. The molecule has 0 aliphatic heterocycles. The molecule has 0 saturated carbocycles. The Morgan fingerprint density at radius 3 is 2.64 bits per heavy atom. The van der Waals surface area contributed by atoms with E-state index >= 15 is 0 Å². The molecule has 0 spiro atoms. The number of ketones is 1. The number of hydrogen-bond donors (Lipinski definition) is 1. The van der Waals surface area contributed by atoms with E-state index in [4.69, 9.17) is 4.52 Å². The number of aromatic nitrogens is 3. The van der Waals surface area contributed by atoms with Gasteiger partial charge in [0, 0.05) is 13.2 Å². The highest BCUT2D eigenvalue weighted by molar-refractivity contribution is 7.89. The largest absolute Gasteiger partial charge is 0.348 e. The summed E-state index contributed by atoms with van der Waals surface area (Å²) in [6.07, 6.45) is 1.70. The molecule has 10 heteroatoms. The van der Waals surface area contributed by atoms with Crippen LogP contribution in [0.1, 0.15) is 22.2 Å². The molecule has 130 valence electrons. The van der Waals surface area contributed by atoms with Crippen LogP contribution in [0.25, 0.3) is 0 Å². The van der Waals surface area contributed by atoms with Gasteiger partial charge in [0.2, 0.25) is 10.0 Å². The number of nitrogens with one attached hydrogen (secondary N) is 1. The standard InChI is InChI=1S/C15H13FN4O4S/c1-20-8-2-3-12(20)14(21)15-18-13(19-24-15)9-17-25(22,23)11-6-4-10(16)5-7-11/h2-8,17H,9H2,1H3. The van der Waals surface area contributed by atoms with Crippen LogP contribution in [0.15, 0.2) is 52.0 Å². The minimum absolute atomic E-state index is 0.00301. The molecular weight excluding hydrogens is 351 g/mol. The van der Waals surface area contributed by atoms with Crippen LogP contribution in [0.2, 0.25) is 0 Å². The van der Waals surface area contributed by atoms with Crippen LogP contribution >= 0.6 is 0 Å². The van der Waals surface area contributed by atoms with Gasteiger partial charge in [-0.05, 0) is 36.4 Å². The average molecular weight is 364 g/mol. The summed E-state index contributed by atoms with van der Waals surface area (Å²) in [5.74, 6) is -1.24. The third-order valence-corrected chi connectivity index (χ3v) is 4.80. The molecule has 0 aliphatic carbocycles. The van der Waals surface area contributed by atoms with Gasteiger partial charge in [0.15, 0.2) is 5.82 Å². The van der Waals surface area contributed by atoms with Gasteiger partial charge in [-0.2, -0.15) is 4.98 Å². The molecule has 25 heavy (non-hydrogen) atoms. The summed E-state index contributed by atoms with van der Waals surface area (Å²) in [6.45, 7) is -0.274. The van der Waals surface area contributed by atoms with Crippen molar-refractivity contribution < 1.29 is 22.1 Å². The van der Waals surface area contributed by atoms with E-state index in [-0.39, 0.29) is 23.2 Å². The van der Waals surface area contributed by atoms with Gasteiger partial charge in [-0.3, -0.25) is 4.79 Å². The fourth-order valence-electron chi connectivity index (χ4n) is 2.08. The topological polar surface area (TPSA) is 107 Å². The molecule has 3 rings (SSSR count). The Balaban J connectivity index is 1.70. The molecule has 0 aliphatic rings. The van der Waals surface area contributed by atoms with Gasteiger partial charge < -0.3 is 9.09 Å². The van der Waals surface area contributed by atoms with Crippen molar-refractivity contribution in [2.45, 2.75) is 11.4 Å². The molecular formula is C15H13FN4O4S. The second-order valence-corrected chi connectivity index (χ2v) is 6.89. The monoisotopic (exact) mass is 364 g/mol. The highest BCUT2D eigenvalue weighted by Gasteiger charge is 2.21. The first-order valence-corrected chi connectivity index (χ1v) is 8.59. The zero-order valence-electron chi connectivity index (χ0n) is 13.0. The predicted molar refractivity (Wildman–Crippen MR) is 83.6 cm³/mol. The van der Waals surface area contributed by atoms with Crippen molar-refractivity contribution in [3.63, 3.8) is 0 Å². The fraction of sp³-hybridized carbons (Fsp3) is 0.133. The predicted octanol–water partition coefficient (Wildman–Crippen LogP) is 1.26. The molecule has 0 unspecified atom stereocenters. The number of nitrogens with zero attached hydrogens (tertiary/aromatic N) is 3. The van der Waals surface area contributed by atoms with Crippen LogP contribution < -0.4 is 4.72 Å². The number of hydrogen-bond acceptors (Lipinski definition) is 6. The summed E-state index contributed by atoms with van der Waals surface area (Å²) in [5.41, 5.74) is 0.363. The Morgan fingerprint density at radius 1 is 1.28 bits per heavy atom. The van der Waals surface area contributed by atoms with Gasteiger partial charge in [0.25, 0.3) is 5.78 Å². The molecule has 1 N–H and O–H groups in total. The van der Waals surface area contributed by atoms with E-state index in [1.165, 1.54) is 0 Å². The number of rotatable bonds is 6. The summed E-state index contributed by atoms with van der Waals surface area (Å²) in [6, 6.07) is 7.65. The summed E-state index contributed by atoms with van der Waals surface area (Å²) in [5, 5.41) is 3.58. The zero-order valence-corrected chi connectivity index (χ0v) is 13.8. The van der Waals surface area contributed by atoms with Crippen LogP contribution in [0.4, 0.5) is 4.39 Å². The van der Waals surface area contributed by atoms with Crippen LogP contribution in [-0.2, 0) is 23.6 Å². The summed E-state index contributed by atoms with van der Waals surface area (Å²) in [4.78, 5) is 16.0. The van der Waals surface area contributed by atoms with Gasteiger partial charge in [-0.25, -0.2) is 17.5 Å². The molecule has 0 fully saturated rings. The Kier molecular flexibility index (Phi) is 4.47. The van der Waals surface area contributed by atoms with Crippen LogP contribution in [0.5, 0.6) is 0 Å². The molecule has 2 heterocycles. The number of aryl methyl sites for hydroxylation is 1. The van der Waals surface area contributed by atoms with Gasteiger partial charge in [-0.15, -0.1) is 0 Å². The highest BCUT2D eigenvalue weighted by atomic mass is 32.2. The maximum atomic E-state index is 12.9. The van der Waals surface area contributed by atoms with Crippen LogP contribution in [0.3, 0.4) is 0 Å². The Bertz CT molecular complexity index is 1010. The smallest absolute Gasteiger partial charge is 0.300 e. The lowest BCUT2D eigenvalue weighted by atomic mass is 10.3. The third kappa shape index (κ3) is 3.64. The number of carbonyl (C=O) groups excluding carboxylic acids is 1. The minimum atomic E-state index is -3.86. The molecule has 0 saturated heterocycles. The third-order valence-electron chi connectivity index (χ3n) is 3.38. The van der Waals surface area contributed by atoms with Crippen molar-refractivity contribution in [2.24, 2.45) is 7.05 Å². The van der Waals surface area contributed by atoms with Crippen molar-refractivity contribution in [2.75, 3.05) is 0 Å². The number of halogens is 1. The molecule has 1 aromatic carbocycles. The van der Waals surface area contributed by atoms with E-state index in [0.29, 0.717) is 5.69 Å². The van der Waals surface area contributed by atoms with E-state index in [2.05, 4.69) is 14.9 Å². The summed E-state index contributed by atoms with van der Waals surface area (Å²) >= 11 is 0. The van der Waals surface area contributed by atoms with Gasteiger partial charge in [0.1, 0.15) is 5.82 Å². The lowest BCUT2D eigenvalue weighted by Crippen LogP contribution is -2.23. The first kappa shape index (κ1) is 17.0. The van der Waals surface area contributed by atoms with E-state index < -0.39 is 21.6 Å². The van der Waals surface area contributed by atoms with Crippen LogP contribution in [-0.4, -0.2) is 28.9 Å². The maximum absolute atomic E-state index is 12.9. The highest BCUT2D eigenvalue weighted by Crippen LogP contribution is 2.11. The van der Waals surface area contributed by atoms with Gasteiger partial charge in [0.05, 0.1) is 17.1 Å². The number of carbonyl (C=O) groups is 1. The van der Waals surface area contributed by atoms with Gasteiger partial charge >= 0.3 is 5.89 Å². The molecule has 0 amide bonds. The number of sulfonamides is 1. The Morgan fingerprint density at radius 2 is 2.00 bits per heavy atom. The van der Waals surface area contributed by atoms with Crippen molar-refractivity contribution >= 4 is 15.8 Å². The van der Waals surface area contributed by atoms with Crippen LogP contribution in [0, 0.1) is 5.82 Å². The lowest BCUT2D eigenvalue weighted by Gasteiger charge is -2.04. The fourth-order valence-corrected chi connectivity index (χ4v) is 3.06. The van der Waals surface area contributed by atoms with Crippen molar-refractivity contribution in [1.82, 2.24) is 19.4 Å². The second kappa shape index (κ2) is 6.57. The molecule has 0 atom stereocenters. The molecule has 2 aromatic heterocycles. The van der Waals surface area contributed by atoms with E-state index in [1.807, 2.05) is 0 Å². The first-order valence-electron chi connectivity index (χ1n) is 7.11. The number of benzene rings is 1. The quantitative estimate of drug-likeness (QED) is 0.660. The van der Waals surface area contributed by atoms with Crippen molar-refractivity contribution in [3.05, 3.63) is 65.8 Å². The Hall–Kier alpha value is -2.85. The molecule has 0 bridgehead atoms. The lowest BCUT2D eigenvalue weighted by molar-refractivity contribution is 0.0986. The average Bonchev–Trinajstić information content (AvgIpc) is 3.22. The Labute approximate surface area is 142 Å². The van der Waals surface area contributed by atoms with Gasteiger partial charge in [-0.1, -0.05) is 5.16 Å². The molecule has 3 aromatic rings. The zero-order chi connectivity index (χ0) is 18.0. The SMILES string of the molecule is Cn1cccc1C(=O)c1nc(CNS(=O)(=O)c2ccc(F)cc2)no1. The minimum Gasteiger partial charge on any atom is -0.348 e. The molecule has 0 radical (unpaired) electrons. The van der Waals surface area contributed by atoms with Crippen molar-refractivity contribution in [3.8, 4) is 0 Å².